The third-order valence-electron chi connectivity index (χ3n) is 4.95. The van der Waals surface area contributed by atoms with E-state index in [1.54, 1.807) is 4.90 Å². The van der Waals surface area contributed by atoms with Gasteiger partial charge in [-0.05, 0) is 37.5 Å². The minimum Gasteiger partial charge on any atom is -0.375 e. The second-order valence-electron chi connectivity index (χ2n) is 6.97. The first-order valence-corrected chi connectivity index (χ1v) is 8.40. The Morgan fingerprint density at radius 1 is 1.27 bits per heavy atom. The van der Waals surface area contributed by atoms with Gasteiger partial charge in [0.05, 0.1) is 18.8 Å². The Labute approximate surface area is 130 Å². The molecule has 6 heteroatoms. The summed E-state index contributed by atoms with van der Waals surface area (Å²) in [5.41, 5.74) is 8.91. The molecule has 1 aliphatic heterocycles. The summed E-state index contributed by atoms with van der Waals surface area (Å²) in [6.07, 6.45) is 6.07. The lowest BCUT2D eigenvalue weighted by Crippen LogP contribution is -2.40. The van der Waals surface area contributed by atoms with Crippen LogP contribution >= 0.6 is 0 Å². The van der Waals surface area contributed by atoms with Gasteiger partial charge in [0.1, 0.15) is 0 Å². The molecule has 0 unspecified atom stereocenters. The second kappa shape index (κ2) is 5.57. The highest BCUT2D eigenvalue weighted by molar-refractivity contribution is 5.72. The average Bonchev–Trinajstić information content (AvgIpc) is 3.40. The van der Waals surface area contributed by atoms with Gasteiger partial charge in [0.2, 0.25) is 0 Å². The maximum absolute atomic E-state index is 11.5. The molecular formula is C16H24N4O2. The molecule has 3 aliphatic rings. The summed E-state index contributed by atoms with van der Waals surface area (Å²) in [5, 5.41) is 4.80. The van der Waals surface area contributed by atoms with Gasteiger partial charge in [0, 0.05) is 37.4 Å². The van der Waals surface area contributed by atoms with E-state index in [9.17, 15) is 4.79 Å². The summed E-state index contributed by atoms with van der Waals surface area (Å²) in [6.45, 7) is 3.69. The standard InChI is InChI=1S/C16H24N4O2/c17-16(21)19-6-5-15-13(8-19)14(10-22-9-12-3-4-12)18-20(15)7-11-1-2-11/h11-12H,1-10H2,(H2,17,21). The van der Waals surface area contributed by atoms with Crippen molar-refractivity contribution in [1.82, 2.24) is 14.7 Å². The third kappa shape index (κ3) is 2.97. The zero-order chi connectivity index (χ0) is 15.1. The predicted octanol–water partition coefficient (Wildman–Crippen LogP) is 1.66. The van der Waals surface area contributed by atoms with Crippen molar-refractivity contribution < 1.29 is 9.53 Å². The van der Waals surface area contributed by atoms with Gasteiger partial charge in [0.15, 0.2) is 0 Å². The summed E-state index contributed by atoms with van der Waals surface area (Å²) in [4.78, 5) is 13.2. The minimum absolute atomic E-state index is 0.342. The van der Waals surface area contributed by atoms with Gasteiger partial charge >= 0.3 is 6.03 Å². The van der Waals surface area contributed by atoms with Crippen molar-refractivity contribution in [3.05, 3.63) is 17.0 Å². The summed E-state index contributed by atoms with van der Waals surface area (Å²) in [7, 11) is 0. The molecule has 2 N–H and O–H groups in total. The third-order valence-corrected chi connectivity index (χ3v) is 4.95. The first-order chi connectivity index (χ1) is 10.7. The van der Waals surface area contributed by atoms with Gasteiger partial charge in [0.25, 0.3) is 0 Å². The maximum atomic E-state index is 11.5. The molecule has 0 radical (unpaired) electrons. The topological polar surface area (TPSA) is 73.4 Å². The number of amides is 2. The van der Waals surface area contributed by atoms with E-state index in [1.807, 2.05) is 0 Å². The highest BCUT2D eigenvalue weighted by Gasteiger charge is 2.30. The fourth-order valence-electron chi connectivity index (χ4n) is 3.17. The monoisotopic (exact) mass is 304 g/mol. The smallest absolute Gasteiger partial charge is 0.315 e. The predicted molar refractivity (Wildman–Crippen MR) is 81.0 cm³/mol. The SMILES string of the molecule is NC(=O)N1CCc2c(c(COCC3CC3)nn2CC2CC2)C1. The molecule has 0 spiro atoms. The first kappa shape index (κ1) is 14.1. The number of hydrogen-bond acceptors (Lipinski definition) is 3. The molecular weight excluding hydrogens is 280 g/mol. The summed E-state index contributed by atoms with van der Waals surface area (Å²) < 4.78 is 8.00. The largest absolute Gasteiger partial charge is 0.375 e. The summed E-state index contributed by atoms with van der Waals surface area (Å²) in [6, 6.07) is -0.342. The Morgan fingerprint density at radius 2 is 2.05 bits per heavy atom. The molecule has 2 aliphatic carbocycles. The van der Waals surface area contributed by atoms with Crippen LogP contribution in [-0.4, -0.2) is 33.9 Å². The quantitative estimate of drug-likeness (QED) is 0.868. The lowest BCUT2D eigenvalue weighted by Gasteiger charge is -2.26. The van der Waals surface area contributed by atoms with Crippen molar-refractivity contribution in [3.63, 3.8) is 0 Å². The van der Waals surface area contributed by atoms with Crippen LogP contribution in [0.4, 0.5) is 4.79 Å². The molecule has 0 atom stereocenters. The Balaban J connectivity index is 1.52. The van der Waals surface area contributed by atoms with E-state index in [0.29, 0.717) is 19.7 Å². The second-order valence-corrected chi connectivity index (χ2v) is 6.97. The Kier molecular flexibility index (Phi) is 3.56. The Hall–Kier alpha value is -1.56. The van der Waals surface area contributed by atoms with E-state index < -0.39 is 0 Å². The average molecular weight is 304 g/mol. The number of hydrogen-bond donors (Lipinski definition) is 1. The van der Waals surface area contributed by atoms with E-state index in [0.717, 1.165) is 37.1 Å². The van der Waals surface area contributed by atoms with Crippen molar-refractivity contribution in [1.29, 1.82) is 0 Å². The van der Waals surface area contributed by atoms with Gasteiger partial charge < -0.3 is 15.4 Å². The van der Waals surface area contributed by atoms with Crippen LogP contribution in [0.2, 0.25) is 0 Å². The number of carbonyl (C=O) groups is 1. The fraction of sp³-hybridized carbons (Fsp3) is 0.750. The summed E-state index contributed by atoms with van der Waals surface area (Å²) in [5.74, 6) is 1.55. The van der Waals surface area contributed by atoms with Crippen LogP contribution in [0.1, 0.15) is 42.6 Å². The van der Waals surface area contributed by atoms with Crippen LogP contribution < -0.4 is 5.73 Å². The maximum Gasteiger partial charge on any atom is 0.315 e. The van der Waals surface area contributed by atoms with E-state index in [2.05, 4.69) is 4.68 Å². The highest BCUT2D eigenvalue weighted by atomic mass is 16.5. The van der Waals surface area contributed by atoms with Crippen molar-refractivity contribution in [3.8, 4) is 0 Å². The van der Waals surface area contributed by atoms with Crippen LogP contribution in [0.3, 0.4) is 0 Å². The number of rotatable bonds is 6. The minimum atomic E-state index is -0.342. The number of urea groups is 1. The van der Waals surface area contributed by atoms with Crippen molar-refractivity contribution in [2.45, 2.75) is 51.8 Å². The van der Waals surface area contributed by atoms with E-state index in [1.165, 1.54) is 36.9 Å². The molecule has 2 amide bonds. The van der Waals surface area contributed by atoms with Crippen molar-refractivity contribution >= 4 is 6.03 Å². The van der Waals surface area contributed by atoms with Gasteiger partial charge in [-0.2, -0.15) is 5.10 Å². The van der Waals surface area contributed by atoms with E-state index in [4.69, 9.17) is 15.6 Å². The number of primary amides is 1. The molecule has 2 heterocycles. The van der Waals surface area contributed by atoms with Gasteiger partial charge in [-0.1, -0.05) is 0 Å². The Bertz CT molecular complexity index is 575. The van der Waals surface area contributed by atoms with E-state index in [-0.39, 0.29) is 6.03 Å². The Morgan fingerprint density at radius 3 is 2.73 bits per heavy atom. The summed E-state index contributed by atoms with van der Waals surface area (Å²) >= 11 is 0. The van der Waals surface area contributed by atoms with Crippen molar-refractivity contribution in [2.75, 3.05) is 13.2 Å². The van der Waals surface area contributed by atoms with Gasteiger partial charge in [-0.3, -0.25) is 4.68 Å². The molecule has 0 bridgehead atoms. The number of nitrogens with zero attached hydrogens (tertiary/aromatic N) is 3. The fourth-order valence-corrected chi connectivity index (χ4v) is 3.17. The van der Waals surface area contributed by atoms with Crippen LogP contribution in [0, 0.1) is 11.8 Å². The normalized spacial score (nSPS) is 21.0. The first-order valence-electron chi connectivity index (χ1n) is 8.40. The number of carbonyl (C=O) groups excluding carboxylic acids is 1. The molecule has 6 nitrogen and oxygen atoms in total. The molecule has 0 aromatic carbocycles. The van der Waals surface area contributed by atoms with Crippen LogP contribution in [-0.2, 0) is 30.9 Å². The zero-order valence-corrected chi connectivity index (χ0v) is 13.0. The lowest BCUT2D eigenvalue weighted by atomic mass is 10.1. The molecule has 0 saturated heterocycles. The van der Waals surface area contributed by atoms with Crippen LogP contribution in [0.25, 0.3) is 0 Å². The molecule has 22 heavy (non-hydrogen) atoms. The van der Waals surface area contributed by atoms with Gasteiger partial charge in [-0.15, -0.1) is 0 Å². The molecule has 120 valence electrons. The number of ether oxygens (including phenoxy) is 1. The van der Waals surface area contributed by atoms with E-state index >= 15 is 0 Å². The number of fused-ring (bicyclic) bond motifs is 1. The molecule has 1 aromatic heterocycles. The lowest BCUT2D eigenvalue weighted by molar-refractivity contribution is 0.107. The number of nitrogens with two attached hydrogens (primary N) is 1. The number of aromatic nitrogens is 2. The molecule has 2 saturated carbocycles. The van der Waals surface area contributed by atoms with Gasteiger partial charge in [-0.25, -0.2) is 4.79 Å². The molecule has 4 rings (SSSR count). The van der Waals surface area contributed by atoms with Crippen LogP contribution in [0.5, 0.6) is 0 Å². The highest BCUT2D eigenvalue weighted by Crippen LogP contribution is 2.33. The molecule has 1 aromatic rings. The molecule has 2 fully saturated rings. The zero-order valence-electron chi connectivity index (χ0n) is 13.0. The van der Waals surface area contributed by atoms with Crippen LogP contribution in [0.15, 0.2) is 0 Å². The van der Waals surface area contributed by atoms with Crippen molar-refractivity contribution in [2.24, 2.45) is 17.6 Å².